The smallest absolute Gasteiger partial charge is 0.208 e. The number of guanidine groups is 1. The average molecular weight is 498 g/mol. The van der Waals surface area contributed by atoms with Gasteiger partial charge in [-0.2, -0.15) is 0 Å². The van der Waals surface area contributed by atoms with Crippen molar-refractivity contribution in [3.8, 4) is 5.75 Å². The quantitative estimate of drug-likeness (QED) is 0.199. The maximum atomic E-state index is 11.0. The lowest BCUT2D eigenvalue weighted by Crippen LogP contribution is -2.38. The van der Waals surface area contributed by atoms with Gasteiger partial charge in [0.2, 0.25) is 10.0 Å². The number of hydrogen-bond acceptors (Lipinski definition) is 4. The van der Waals surface area contributed by atoms with Crippen molar-refractivity contribution >= 4 is 40.0 Å². The average Bonchev–Trinajstić information content (AvgIpc) is 2.52. The lowest BCUT2D eigenvalue weighted by Gasteiger charge is -2.13. The van der Waals surface area contributed by atoms with Crippen LogP contribution in [0, 0.1) is 6.92 Å². The number of nitrogens with zero attached hydrogens (tertiary/aromatic N) is 1. The Morgan fingerprint density at radius 1 is 1.19 bits per heavy atom. The molecule has 0 aromatic heterocycles. The molecule has 26 heavy (non-hydrogen) atoms. The first-order valence-corrected chi connectivity index (χ1v) is 10.4. The van der Waals surface area contributed by atoms with E-state index in [1.165, 1.54) is 0 Å². The van der Waals surface area contributed by atoms with Crippen molar-refractivity contribution in [1.82, 2.24) is 15.4 Å². The van der Waals surface area contributed by atoms with Crippen molar-refractivity contribution < 1.29 is 13.2 Å². The third-order valence-electron chi connectivity index (χ3n) is 3.28. The van der Waals surface area contributed by atoms with Gasteiger partial charge in [0, 0.05) is 25.2 Å². The van der Waals surface area contributed by atoms with E-state index in [9.17, 15) is 8.42 Å². The highest BCUT2D eigenvalue weighted by Gasteiger charge is 2.05. The SMILES string of the molecule is CCNC(=NCc1ccc(C)cc1OCC)NCCCNS(C)(=O)=O.I. The first-order chi connectivity index (χ1) is 11.9. The first-order valence-electron chi connectivity index (χ1n) is 8.54. The van der Waals surface area contributed by atoms with E-state index in [-0.39, 0.29) is 24.0 Å². The van der Waals surface area contributed by atoms with Gasteiger partial charge in [0.1, 0.15) is 5.75 Å². The van der Waals surface area contributed by atoms with Crippen molar-refractivity contribution in [3.05, 3.63) is 29.3 Å². The molecule has 0 radical (unpaired) electrons. The van der Waals surface area contributed by atoms with Crippen LogP contribution < -0.4 is 20.1 Å². The molecule has 7 nitrogen and oxygen atoms in total. The highest BCUT2D eigenvalue weighted by Crippen LogP contribution is 2.21. The monoisotopic (exact) mass is 498 g/mol. The van der Waals surface area contributed by atoms with E-state index in [2.05, 4.69) is 20.3 Å². The highest BCUT2D eigenvalue weighted by atomic mass is 127. The van der Waals surface area contributed by atoms with Gasteiger partial charge in [-0.25, -0.2) is 18.1 Å². The lowest BCUT2D eigenvalue weighted by molar-refractivity contribution is 0.336. The minimum atomic E-state index is -3.13. The second-order valence-electron chi connectivity index (χ2n) is 5.69. The molecule has 0 bridgehead atoms. The summed E-state index contributed by atoms with van der Waals surface area (Å²) in [4.78, 5) is 4.58. The largest absolute Gasteiger partial charge is 0.494 e. The van der Waals surface area contributed by atoms with Crippen LogP contribution in [0.25, 0.3) is 0 Å². The third kappa shape index (κ3) is 10.8. The van der Waals surface area contributed by atoms with Gasteiger partial charge in [0.25, 0.3) is 0 Å². The van der Waals surface area contributed by atoms with E-state index in [4.69, 9.17) is 4.74 Å². The molecular weight excluding hydrogens is 467 g/mol. The number of hydrogen-bond donors (Lipinski definition) is 3. The van der Waals surface area contributed by atoms with Gasteiger partial charge in [-0.1, -0.05) is 12.1 Å². The molecule has 0 fully saturated rings. The zero-order valence-electron chi connectivity index (χ0n) is 16.0. The molecule has 0 spiro atoms. The number of ether oxygens (including phenoxy) is 1. The summed E-state index contributed by atoms with van der Waals surface area (Å²) in [6.07, 6.45) is 1.83. The molecule has 150 valence electrons. The van der Waals surface area contributed by atoms with Crippen LogP contribution in [0.5, 0.6) is 5.75 Å². The number of nitrogens with one attached hydrogen (secondary N) is 3. The molecule has 0 amide bonds. The van der Waals surface area contributed by atoms with Crippen molar-refractivity contribution in [1.29, 1.82) is 0 Å². The van der Waals surface area contributed by atoms with Crippen molar-refractivity contribution in [2.24, 2.45) is 4.99 Å². The zero-order valence-corrected chi connectivity index (χ0v) is 19.1. The van der Waals surface area contributed by atoms with Crippen LogP contribution in [0.4, 0.5) is 0 Å². The molecule has 0 atom stereocenters. The number of halogens is 1. The number of aryl methyl sites for hydroxylation is 1. The summed E-state index contributed by atoms with van der Waals surface area (Å²) in [6, 6.07) is 6.10. The molecule has 0 saturated carbocycles. The maximum absolute atomic E-state index is 11.0. The fourth-order valence-corrected chi connectivity index (χ4v) is 2.66. The minimum absolute atomic E-state index is 0. The van der Waals surface area contributed by atoms with Gasteiger partial charge in [-0.05, 0) is 38.8 Å². The van der Waals surface area contributed by atoms with Crippen molar-refractivity contribution in [3.63, 3.8) is 0 Å². The summed E-state index contributed by atoms with van der Waals surface area (Å²) in [7, 11) is -3.13. The van der Waals surface area contributed by atoms with E-state index >= 15 is 0 Å². The van der Waals surface area contributed by atoms with E-state index < -0.39 is 10.0 Å². The molecule has 0 unspecified atom stereocenters. The summed E-state index contributed by atoms with van der Waals surface area (Å²) >= 11 is 0. The van der Waals surface area contributed by atoms with Gasteiger partial charge >= 0.3 is 0 Å². The minimum Gasteiger partial charge on any atom is -0.494 e. The Morgan fingerprint density at radius 3 is 2.54 bits per heavy atom. The summed E-state index contributed by atoms with van der Waals surface area (Å²) < 4.78 is 30.2. The molecule has 0 aliphatic heterocycles. The number of benzene rings is 1. The van der Waals surface area contributed by atoms with E-state index in [1.807, 2.05) is 39.0 Å². The molecule has 0 aliphatic rings. The predicted molar refractivity (Wildman–Crippen MR) is 118 cm³/mol. The molecule has 0 saturated heterocycles. The van der Waals surface area contributed by atoms with Crippen molar-refractivity contribution in [2.45, 2.75) is 33.7 Å². The van der Waals surface area contributed by atoms with Crippen molar-refractivity contribution in [2.75, 3.05) is 32.5 Å². The van der Waals surface area contributed by atoms with Crippen LogP contribution in [0.3, 0.4) is 0 Å². The Balaban J connectivity index is 0.00000625. The van der Waals surface area contributed by atoms with Crippen LogP contribution in [-0.2, 0) is 16.6 Å². The molecule has 3 N–H and O–H groups in total. The molecule has 9 heteroatoms. The summed E-state index contributed by atoms with van der Waals surface area (Å²) in [6.45, 7) is 8.90. The molecule has 1 aromatic rings. The van der Waals surface area contributed by atoms with Crippen LogP contribution in [-0.4, -0.2) is 46.9 Å². The van der Waals surface area contributed by atoms with Crippen LogP contribution in [0.1, 0.15) is 31.4 Å². The van der Waals surface area contributed by atoms with Gasteiger partial charge in [0.05, 0.1) is 19.4 Å². The Hall–Kier alpha value is -1.07. The lowest BCUT2D eigenvalue weighted by atomic mass is 10.1. The second-order valence-corrected chi connectivity index (χ2v) is 7.52. The maximum Gasteiger partial charge on any atom is 0.208 e. The fraction of sp³-hybridized carbons (Fsp3) is 0.588. The molecule has 0 heterocycles. The molecule has 0 aliphatic carbocycles. The normalized spacial score (nSPS) is 11.6. The standard InChI is InChI=1S/C17H30N4O3S.HI/c1-5-18-17(19-10-7-11-21-25(4,22)23)20-13-15-9-8-14(3)12-16(15)24-6-2;/h8-9,12,21H,5-7,10-11,13H2,1-4H3,(H2,18,19,20);1H. The number of sulfonamides is 1. The summed E-state index contributed by atoms with van der Waals surface area (Å²) in [5.74, 6) is 1.56. The van der Waals surface area contributed by atoms with Gasteiger partial charge in [-0.15, -0.1) is 24.0 Å². The third-order valence-corrected chi connectivity index (χ3v) is 4.01. The predicted octanol–water partition coefficient (Wildman–Crippen LogP) is 2.01. The zero-order chi connectivity index (χ0) is 18.7. The van der Waals surface area contributed by atoms with Crippen LogP contribution >= 0.6 is 24.0 Å². The number of rotatable bonds is 10. The summed E-state index contributed by atoms with van der Waals surface area (Å²) in [5, 5.41) is 6.39. The Kier molecular flexibility index (Phi) is 12.6. The topological polar surface area (TPSA) is 91.8 Å². The molecule has 1 rings (SSSR count). The fourth-order valence-electron chi connectivity index (χ4n) is 2.14. The Morgan fingerprint density at radius 2 is 1.92 bits per heavy atom. The van der Waals surface area contributed by atoms with Gasteiger partial charge in [0.15, 0.2) is 5.96 Å². The summed E-state index contributed by atoms with van der Waals surface area (Å²) in [5.41, 5.74) is 2.18. The number of aliphatic imine (C=N–C) groups is 1. The Labute approximate surface area is 174 Å². The van der Waals surface area contributed by atoms with Crippen LogP contribution in [0.15, 0.2) is 23.2 Å². The van der Waals surface area contributed by atoms with Gasteiger partial charge in [-0.3, -0.25) is 0 Å². The van der Waals surface area contributed by atoms with Gasteiger partial charge < -0.3 is 15.4 Å². The molecule has 1 aromatic carbocycles. The van der Waals surface area contributed by atoms with E-state index in [0.29, 0.717) is 38.6 Å². The Bertz CT molecular complexity index is 666. The van der Waals surface area contributed by atoms with E-state index in [0.717, 1.165) is 29.7 Å². The van der Waals surface area contributed by atoms with E-state index in [1.54, 1.807) is 0 Å². The molecular formula is C17H31IN4O3S. The highest BCUT2D eigenvalue weighted by molar-refractivity contribution is 14.0. The second kappa shape index (κ2) is 13.2. The van der Waals surface area contributed by atoms with Crippen LogP contribution in [0.2, 0.25) is 0 Å². The first kappa shape index (κ1) is 24.9.